The van der Waals surface area contributed by atoms with Crippen molar-refractivity contribution in [1.29, 1.82) is 0 Å². The fourth-order valence-corrected chi connectivity index (χ4v) is 3.15. The number of ether oxygens (including phenoxy) is 1. The molecular weight excluding hydrogens is 344 g/mol. The van der Waals surface area contributed by atoms with E-state index < -0.39 is 0 Å². The topological polar surface area (TPSA) is 50.4 Å². The van der Waals surface area contributed by atoms with E-state index in [9.17, 15) is 4.79 Å². The highest BCUT2D eigenvalue weighted by molar-refractivity contribution is 7.80. The number of thiocarbonyl (C=S) groups is 1. The second-order valence-corrected chi connectivity index (χ2v) is 6.52. The van der Waals surface area contributed by atoms with Gasteiger partial charge in [-0.25, -0.2) is 4.79 Å². The number of carbonyl (C=O) groups is 1. The van der Waals surface area contributed by atoms with E-state index in [0.717, 1.165) is 17.7 Å². The van der Waals surface area contributed by atoms with Gasteiger partial charge in [0.15, 0.2) is 5.11 Å². The van der Waals surface area contributed by atoms with Gasteiger partial charge in [-0.1, -0.05) is 37.3 Å². The molecule has 0 radical (unpaired) electrons. The van der Waals surface area contributed by atoms with Gasteiger partial charge in [0, 0.05) is 5.69 Å². The van der Waals surface area contributed by atoms with Crippen LogP contribution in [0.1, 0.15) is 53.4 Å². The van der Waals surface area contributed by atoms with Gasteiger partial charge >= 0.3 is 5.97 Å². The maximum atomic E-state index is 12.1. The zero-order valence-corrected chi connectivity index (χ0v) is 16.6. The molecule has 0 amide bonds. The SMILES string of the molecule is CCOC(=O)c1cccc(NC(=S)N[C@H](CC)c2ccccc2C)c1C. The van der Waals surface area contributed by atoms with Gasteiger partial charge in [-0.3, -0.25) is 0 Å². The summed E-state index contributed by atoms with van der Waals surface area (Å²) in [5.74, 6) is -0.320. The van der Waals surface area contributed by atoms with Crippen molar-refractivity contribution >= 4 is 29.0 Å². The smallest absolute Gasteiger partial charge is 0.338 e. The molecule has 0 saturated carbocycles. The number of anilines is 1. The molecule has 0 heterocycles. The van der Waals surface area contributed by atoms with Crippen molar-refractivity contribution in [3.05, 3.63) is 64.7 Å². The Hall–Kier alpha value is -2.40. The molecule has 0 bridgehead atoms. The lowest BCUT2D eigenvalue weighted by molar-refractivity contribution is 0.0525. The average molecular weight is 371 g/mol. The highest BCUT2D eigenvalue weighted by Gasteiger charge is 2.15. The largest absolute Gasteiger partial charge is 0.462 e. The lowest BCUT2D eigenvalue weighted by Gasteiger charge is -2.22. The lowest BCUT2D eigenvalue weighted by Crippen LogP contribution is -2.32. The van der Waals surface area contributed by atoms with Crippen LogP contribution >= 0.6 is 12.2 Å². The standard InChI is InChI=1S/C21H26N2O2S/c1-5-18(16-11-8-7-10-14(16)3)22-21(26)23-19-13-9-12-17(15(19)4)20(24)25-6-2/h7-13,18H,5-6H2,1-4H3,(H2,22,23,26)/t18-/m1/s1. The van der Waals surface area contributed by atoms with Crippen LogP contribution < -0.4 is 10.6 Å². The van der Waals surface area contributed by atoms with Gasteiger partial charge in [-0.05, 0) is 68.2 Å². The van der Waals surface area contributed by atoms with E-state index in [-0.39, 0.29) is 12.0 Å². The minimum Gasteiger partial charge on any atom is -0.462 e. The van der Waals surface area contributed by atoms with E-state index in [1.807, 2.05) is 31.2 Å². The number of esters is 1. The summed E-state index contributed by atoms with van der Waals surface area (Å²) in [4.78, 5) is 12.1. The molecular formula is C21H26N2O2S. The van der Waals surface area contributed by atoms with E-state index in [2.05, 4.69) is 36.6 Å². The Balaban J connectivity index is 2.13. The Morgan fingerprint density at radius 3 is 2.50 bits per heavy atom. The summed E-state index contributed by atoms with van der Waals surface area (Å²) in [5.41, 5.74) is 4.63. The van der Waals surface area contributed by atoms with Gasteiger partial charge in [0.05, 0.1) is 18.2 Å². The van der Waals surface area contributed by atoms with Gasteiger partial charge in [-0.15, -0.1) is 0 Å². The minimum absolute atomic E-state index is 0.129. The molecule has 26 heavy (non-hydrogen) atoms. The molecule has 5 heteroatoms. The van der Waals surface area contributed by atoms with Crippen LogP contribution in [0.5, 0.6) is 0 Å². The second-order valence-electron chi connectivity index (χ2n) is 6.11. The first-order chi connectivity index (χ1) is 12.5. The third-order valence-electron chi connectivity index (χ3n) is 4.35. The number of hydrogen-bond acceptors (Lipinski definition) is 3. The van der Waals surface area contributed by atoms with Gasteiger partial charge < -0.3 is 15.4 Å². The molecule has 1 atom stereocenters. The summed E-state index contributed by atoms with van der Waals surface area (Å²) < 4.78 is 5.11. The van der Waals surface area contributed by atoms with E-state index in [4.69, 9.17) is 17.0 Å². The average Bonchev–Trinajstić information content (AvgIpc) is 2.62. The van der Waals surface area contributed by atoms with Crippen molar-refractivity contribution in [2.24, 2.45) is 0 Å². The van der Waals surface area contributed by atoms with Crippen molar-refractivity contribution in [3.63, 3.8) is 0 Å². The van der Waals surface area contributed by atoms with Gasteiger partial charge in [-0.2, -0.15) is 0 Å². The summed E-state index contributed by atoms with van der Waals surface area (Å²) in [6, 6.07) is 13.9. The Morgan fingerprint density at radius 1 is 1.12 bits per heavy atom. The van der Waals surface area contributed by atoms with Crippen LogP contribution in [0.2, 0.25) is 0 Å². The first kappa shape index (κ1) is 19.9. The first-order valence-electron chi connectivity index (χ1n) is 8.87. The third-order valence-corrected chi connectivity index (χ3v) is 4.57. The second kappa shape index (κ2) is 9.34. The quantitative estimate of drug-likeness (QED) is 0.558. The molecule has 0 saturated heterocycles. The molecule has 0 aromatic heterocycles. The van der Waals surface area contributed by atoms with E-state index in [1.165, 1.54) is 11.1 Å². The van der Waals surface area contributed by atoms with Crippen molar-refractivity contribution in [3.8, 4) is 0 Å². The molecule has 0 fully saturated rings. The van der Waals surface area contributed by atoms with Crippen molar-refractivity contribution < 1.29 is 9.53 Å². The maximum absolute atomic E-state index is 12.1. The van der Waals surface area contributed by atoms with Crippen molar-refractivity contribution in [2.45, 2.75) is 40.2 Å². The van der Waals surface area contributed by atoms with Crippen LogP contribution in [0.3, 0.4) is 0 Å². The molecule has 2 rings (SSSR count). The fourth-order valence-electron chi connectivity index (χ4n) is 2.90. The molecule has 2 aromatic rings. The number of nitrogens with one attached hydrogen (secondary N) is 2. The molecule has 0 aliphatic heterocycles. The Labute approximate surface area is 161 Å². The van der Waals surface area contributed by atoms with E-state index >= 15 is 0 Å². The van der Waals surface area contributed by atoms with Gasteiger partial charge in [0.2, 0.25) is 0 Å². The van der Waals surface area contributed by atoms with Crippen LogP contribution in [0.25, 0.3) is 0 Å². The van der Waals surface area contributed by atoms with Crippen LogP contribution in [0.15, 0.2) is 42.5 Å². The molecule has 2 aromatic carbocycles. The Kier molecular flexibility index (Phi) is 7.16. The number of hydrogen-bond donors (Lipinski definition) is 2. The van der Waals surface area contributed by atoms with Crippen LogP contribution in [-0.2, 0) is 4.74 Å². The zero-order valence-electron chi connectivity index (χ0n) is 15.8. The highest BCUT2D eigenvalue weighted by atomic mass is 32.1. The molecule has 0 spiro atoms. The van der Waals surface area contributed by atoms with E-state index in [1.54, 1.807) is 13.0 Å². The van der Waals surface area contributed by atoms with Crippen LogP contribution in [0.4, 0.5) is 5.69 Å². The number of aryl methyl sites for hydroxylation is 1. The van der Waals surface area contributed by atoms with Crippen LogP contribution in [0, 0.1) is 13.8 Å². The third kappa shape index (κ3) is 4.82. The summed E-state index contributed by atoms with van der Waals surface area (Å²) in [7, 11) is 0. The molecule has 0 aliphatic carbocycles. The molecule has 0 unspecified atom stereocenters. The molecule has 4 nitrogen and oxygen atoms in total. The number of benzene rings is 2. The summed E-state index contributed by atoms with van der Waals surface area (Å²) >= 11 is 5.50. The number of carbonyl (C=O) groups excluding carboxylic acids is 1. The van der Waals surface area contributed by atoms with Gasteiger partial charge in [0.1, 0.15) is 0 Å². The normalized spacial score (nSPS) is 11.5. The molecule has 2 N–H and O–H groups in total. The van der Waals surface area contributed by atoms with Crippen LogP contribution in [-0.4, -0.2) is 17.7 Å². The zero-order chi connectivity index (χ0) is 19.1. The van der Waals surface area contributed by atoms with Crippen molar-refractivity contribution in [1.82, 2.24) is 5.32 Å². The van der Waals surface area contributed by atoms with Gasteiger partial charge in [0.25, 0.3) is 0 Å². The number of rotatable bonds is 6. The monoisotopic (exact) mass is 370 g/mol. The maximum Gasteiger partial charge on any atom is 0.338 e. The fraction of sp³-hybridized carbons (Fsp3) is 0.333. The molecule has 0 aliphatic rings. The predicted octanol–water partition coefficient (Wildman–Crippen LogP) is 4.92. The summed E-state index contributed by atoms with van der Waals surface area (Å²) in [5, 5.41) is 7.12. The van der Waals surface area contributed by atoms with Crippen molar-refractivity contribution in [2.75, 3.05) is 11.9 Å². The predicted molar refractivity (Wildman–Crippen MR) is 111 cm³/mol. The summed E-state index contributed by atoms with van der Waals surface area (Å²) in [6.45, 7) is 8.26. The Morgan fingerprint density at radius 2 is 1.85 bits per heavy atom. The summed E-state index contributed by atoms with van der Waals surface area (Å²) in [6.07, 6.45) is 0.911. The minimum atomic E-state index is -0.320. The first-order valence-corrected chi connectivity index (χ1v) is 9.28. The lowest BCUT2D eigenvalue weighted by atomic mass is 9.99. The Bertz CT molecular complexity index is 789. The van der Waals surface area contributed by atoms with E-state index in [0.29, 0.717) is 17.3 Å². The molecule has 138 valence electrons. The highest BCUT2D eigenvalue weighted by Crippen LogP contribution is 2.22.